The zero-order valence-electron chi connectivity index (χ0n) is 15.9. The van der Waals surface area contributed by atoms with Crippen molar-refractivity contribution >= 4 is 34.0 Å². The minimum absolute atomic E-state index is 0.0835. The predicted octanol–water partition coefficient (Wildman–Crippen LogP) is 5.30. The fourth-order valence-electron chi connectivity index (χ4n) is 2.84. The molecule has 0 aliphatic rings. The van der Waals surface area contributed by atoms with E-state index in [-0.39, 0.29) is 28.9 Å². The van der Waals surface area contributed by atoms with Crippen LogP contribution in [0.15, 0.2) is 66.9 Å². The SMILES string of the molecule is CC(=O)/C=C/COC(=O)c1ccccc1Nc1ccnc2c(C(F)(F)F)cccc12. The smallest absolute Gasteiger partial charge is 0.418 e. The number of esters is 1. The molecule has 3 aromatic rings. The van der Waals surface area contributed by atoms with Gasteiger partial charge < -0.3 is 10.1 Å². The van der Waals surface area contributed by atoms with Crippen LogP contribution in [0.3, 0.4) is 0 Å². The van der Waals surface area contributed by atoms with Gasteiger partial charge in [0.2, 0.25) is 0 Å². The molecule has 5 nitrogen and oxygen atoms in total. The van der Waals surface area contributed by atoms with Gasteiger partial charge in [0.1, 0.15) is 6.61 Å². The molecule has 0 bridgehead atoms. The first-order valence-electron chi connectivity index (χ1n) is 8.92. The molecule has 0 radical (unpaired) electrons. The summed E-state index contributed by atoms with van der Waals surface area (Å²) in [6.45, 7) is 1.29. The average Bonchev–Trinajstić information content (AvgIpc) is 2.70. The summed E-state index contributed by atoms with van der Waals surface area (Å²) < 4.78 is 45.0. The Morgan fingerprint density at radius 2 is 1.83 bits per heavy atom. The number of anilines is 2. The van der Waals surface area contributed by atoms with Crippen LogP contribution in [-0.4, -0.2) is 23.3 Å². The first-order valence-corrected chi connectivity index (χ1v) is 8.92. The highest BCUT2D eigenvalue weighted by Gasteiger charge is 2.33. The van der Waals surface area contributed by atoms with Crippen LogP contribution in [0.1, 0.15) is 22.8 Å². The third-order valence-corrected chi connectivity index (χ3v) is 4.16. The quantitative estimate of drug-likeness (QED) is 0.438. The van der Waals surface area contributed by atoms with Gasteiger partial charge in [-0.1, -0.05) is 24.3 Å². The van der Waals surface area contributed by atoms with Gasteiger partial charge in [-0.15, -0.1) is 0 Å². The summed E-state index contributed by atoms with van der Waals surface area (Å²) >= 11 is 0. The molecular weight excluding hydrogens is 397 g/mol. The number of fused-ring (bicyclic) bond motifs is 1. The lowest BCUT2D eigenvalue weighted by atomic mass is 10.1. The van der Waals surface area contributed by atoms with E-state index >= 15 is 0 Å². The second-order valence-corrected chi connectivity index (χ2v) is 6.34. The molecule has 1 N–H and O–H groups in total. The first kappa shape index (κ1) is 21.0. The average molecular weight is 414 g/mol. The van der Waals surface area contributed by atoms with E-state index < -0.39 is 17.7 Å². The fraction of sp³-hybridized carbons (Fsp3) is 0.136. The van der Waals surface area contributed by atoms with E-state index in [1.54, 1.807) is 18.2 Å². The van der Waals surface area contributed by atoms with Gasteiger partial charge in [0.15, 0.2) is 5.78 Å². The predicted molar refractivity (Wildman–Crippen MR) is 107 cm³/mol. The van der Waals surface area contributed by atoms with Crippen molar-refractivity contribution in [2.45, 2.75) is 13.1 Å². The standard InChI is InChI=1S/C22H17F3N2O3/c1-14(28)6-5-13-30-21(29)16-7-2-3-10-18(16)27-19-11-12-26-20-15(19)8-4-9-17(20)22(23,24)25/h2-12H,13H2,1H3,(H,26,27)/b6-5+. The molecule has 3 rings (SSSR count). The Labute approximate surface area is 170 Å². The number of para-hydroxylation sites is 2. The van der Waals surface area contributed by atoms with E-state index in [1.807, 2.05) is 0 Å². The minimum Gasteiger partial charge on any atom is -0.458 e. The molecule has 0 amide bonds. The third-order valence-electron chi connectivity index (χ3n) is 4.16. The zero-order chi connectivity index (χ0) is 21.7. The summed E-state index contributed by atoms with van der Waals surface area (Å²) in [7, 11) is 0. The van der Waals surface area contributed by atoms with Crippen LogP contribution in [0.25, 0.3) is 10.9 Å². The molecule has 30 heavy (non-hydrogen) atoms. The molecule has 8 heteroatoms. The van der Waals surface area contributed by atoms with Crippen LogP contribution in [0, 0.1) is 0 Å². The summed E-state index contributed by atoms with van der Waals surface area (Å²) in [5, 5.41) is 3.27. The second kappa shape index (κ2) is 8.77. The molecular formula is C22H17F3N2O3. The Morgan fingerprint density at radius 1 is 1.07 bits per heavy atom. The summed E-state index contributed by atoms with van der Waals surface area (Å²) in [6, 6.07) is 11.8. The van der Waals surface area contributed by atoms with Crippen LogP contribution in [0.4, 0.5) is 24.5 Å². The van der Waals surface area contributed by atoms with Crippen molar-refractivity contribution in [3.63, 3.8) is 0 Å². The van der Waals surface area contributed by atoms with E-state index in [2.05, 4.69) is 10.3 Å². The molecule has 0 atom stereocenters. The number of allylic oxidation sites excluding steroid dienone is 1. The second-order valence-electron chi connectivity index (χ2n) is 6.34. The number of carbonyl (C=O) groups is 2. The molecule has 0 unspecified atom stereocenters. The van der Waals surface area contributed by atoms with Gasteiger partial charge in [-0.3, -0.25) is 9.78 Å². The normalized spacial score (nSPS) is 11.6. The Hall–Kier alpha value is -3.68. The Bertz CT molecular complexity index is 1120. The van der Waals surface area contributed by atoms with Gasteiger partial charge >= 0.3 is 12.1 Å². The van der Waals surface area contributed by atoms with Gasteiger partial charge in [0.05, 0.1) is 22.3 Å². The topological polar surface area (TPSA) is 68.3 Å². The number of pyridine rings is 1. The molecule has 0 aliphatic carbocycles. The minimum atomic E-state index is -4.54. The number of nitrogens with zero attached hydrogens (tertiary/aromatic N) is 1. The number of alkyl halides is 3. The lowest BCUT2D eigenvalue weighted by molar-refractivity contribution is -0.136. The Balaban J connectivity index is 1.92. The van der Waals surface area contributed by atoms with E-state index in [4.69, 9.17) is 4.74 Å². The lowest BCUT2D eigenvalue weighted by Gasteiger charge is -2.15. The van der Waals surface area contributed by atoms with Crippen LogP contribution in [0.5, 0.6) is 0 Å². The highest BCUT2D eigenvalue weighted by Crippen LogP contribution is 2.36. The number of ketones is 1. The number of carbonyl (C=O) groups excluding carboxylic acids is 2. The largest absolute Gasteiger partial charge is 0.458 e. The van der Waals surface area contributed by atoms with Crippen LogP contribution < -0.4 is 5.32 Å². The van der Waals surface area contributed by atoms with Gasteiger partial charge in [-0.25, -0.2) is 4.79 Å². The Morgan fingerprint density at radius 3 is 2.57 bits per heavy atom. The molecule has 1 aromatic heterocycles. The third kappa shape index (κ3) is 4.83. The van der Waals surface area contributed by atoms with E-state index in [0.29, 0.717) is 11.4 Å². The van der Waals surface area contributed by atoms with Crippen molar-refractivity contribution in [3.8, 4) is 0 Å². The number of halogens is 3. The lowest BCUT2D eigenvalue weighted by Crippen LogP contribution is -2.09. The summed E-state index contributed by atoms with van der Waals surface area (Å²) in [5.41, 5.74) is -0.102. The van der Waals surface area contributed by atoms with Crippen LogP contribution >= 0.6 is 0 Å². The summed E-state index contributed by atoms with van der Waals surface area (Å²) in [5.74, 6) is -0.809. The van der Waals surface area contributed by atoms with E-state index in [1.165, 1.54) is 49.5 Å². The number of hydrogen-bond acceptors (Lipinski definition) is 5. The van der Waals surface area contributed by atoms with Gasteiger partial charge in [0.25, 0.3) is 0 Å². The van der Waals surface area contributed by atoms with E-state index in [9.17, 15) is 22.8 Å². The monoisotopic (exact) mass is 414 g/mol. The van der Waals surface area contributed by atoms with Gasteiger partial charge in [0, 0.05) is 17.3 Å². The number of aromatic nitrogens is 1. The summed E-state index contributed by atoms with van der Waals surface area (Å²) in [6.07, 6.45) is -0.558. The molecule has 0 saturated carbocycles. The maximum Gasteiger partial charge on any atom is 0.418 e. The molecule has 0 saturated heterocycles. The highest BCUT2D eigenvalue weighted by molar-refractivity contribution is 6.00. The Kier molecular flexibility index (Phi) is 6.15. The van der Waals surface area contributed by atoms with Crippen molar-refractivity contribution in [1.29, 1.82) is 0 Å². The maximum absolute atomic E-state index is 13.3. The fourth-order valence-corrected chi connectivity index (χ4v) is 2.84. The van der Waals surface area contributed by atoms with Crippen molar-refractivity contribution in [3.05, 3.63) is 78.0 Å². The molecule has 0 spiro atoms. The molecule has 0 fully saturated rings. The van der Waals surface area contributed by atoms with Crippen LogP contribution in [0.2, 0.25) is 0 Å². The summed E-state index contributed by atoms with van der Waals surface area (Å²) in [4.78, 5) is 27.2. The number of ether oxygens (including phenoxy) is 1. The van der Waals surface area contributed by atoms with E-state index in [0.717, 1.165) is 6.07 Å². The number of nitrogens with one attached hydrogen (secondary N) is 1. The first-order chi connectivity index (χ1) is 14.3. The molecule has 154 valence electrons. The van der Waals surface area contributed by atoms with Gasteiger partial charge in [-0.05, 0) is 43.3 Å². The van der Waals surface area contributed by atoms with Crippen molar-refractivity contribution in [1.82, 2.24) is 4.98 Å². The maximum atomic E-state index is 13.3. The van der Waals surface area contributed by atoms with Crippen molar-refractivity contribution in [2.24, 2.45) is 0 Å². The zero-order valence-corrected chi connectivity index (χ0v) is 15.9. The van der Waals surface area contributed by atoms with Gasteiger partial charge in [-0.2, -0.15) is 13.2 Å². The number of rotatable bonds is 6. The molecule has 2 aromatic carbocycles. The van der Waals surface area contributed by atoms with Crippen LogP contribution in [-0.2, 0) is 15.7 Å². The van der Waals surface area contributed by atoms with Crippen molar-refractivity contribution < 1.29 is 27.5 Å². The highest BCUT2D eigenvalue weighted by atomic mass is 19.4. The molecule has 0 aliphatic heterocycles. The number of benzene rings is 2. The van der Waals surface area contributed by atoms with Crippen molar-refractivity contribution in [2.75, 3.05) is 11.9 Å². The molecule has 1 heterocycles. The number of hydrogen-bond donors (Lipinski definition) is 1.